The molecule has 1 saturated heterocycles. The summed E-state index contributed by atoms with van der Waals surface area (Å²) in [6, 6.07) is 0.495. The summed E-state index contributed by atoms with van der Waals surface area (Å²) >= 11 is 0. The number of anilines is 2. The predicted octanol–water partition coefficient (Wildman–Crippen LogP) is 1.21. The van der Waals surface area contributed by atoms with Gasteiger partial charge in [0.25, 0.3) is 0 Å². The second-order valence-electron chi connectivity index (χ2n) is 5.21. The van der Waals surface area contributed by atoms with Crippen molar-refractivity contribution in [3.63, 3.8) is 0 Å². The van der Waals surface area contributed by atoms with Gasteiger partial charge in [-0.1, -0.05) is 13.3 Å². The number of aromatic nitrogens is 2. The van der Waals surface area contributed by atoms with Crippen molar-refractivity contribution in [1.29, 1.82) is 0 Å². The Hall–Kier alpha value is -1.56. The van der Waals surface area contributed by atoms with E-state index in [1.54, 1.807) is 7.11 Å². The van der Waals surface area contributed by atoms with Crippen LogP contribution in [0.25, 0.3) is 0 Å². The summed E-state index contributed by atoms with van der Waals surface area (Å²) in [7, 11) is 3.67. The summed E-state index contributed by atoms with van der Waals surface area (Å²) in [4.78, 5) is 11.0. The van der Waals surface area contributed by atoms with Gasteiger partial charge in [0.1, 0.15) is 0 Å². The standard InChI is InChI=1S/C14H25N5O/c1-4-5-6-11-12(20-3)13(18-14(15)17-11)19-8-7-10(9-19)16-2/h10,16H,4-9H2,1-3H3,(H2,15,17,18)/t10-/m0/s1. The van der Waals surface area contributed by atoms with Gasteiger partial charge in [-0.2, -0.15) is 4.98 Å². The Kier molecular flexibility index (Phi) is 5.00. The molecule has 0 amide bonds. The molecule has 1 aliphatic heterocycles. The lowest BCUT2D eigenvalue weighted by Crippen LogP contribution is -2.30. The van der Waals surface area contributed by atoms with Gasteiger partial charge in [0, 0.05) is 19.1 Å². The molecule has 1 atom stereocenters. The molecular formula is C14H25N5O. The third kappa shape index (κ3) is 3.12. The number of hydrogen-bond acceptors (Lipinski definition) is 6. The molecule has 20 heavy (non-hydrogen) atoms. The van der Waals surface area contributed by atoms with E-state index in [4.69, 9.17) is 10.5 Å². The lowest BCUT2D eigenvalue weighted by atomic mass is 10.2. The second-order valence-corrected chi connectivity index (χ2v) is 5.21. The first-order valence-corrected chi connectivity index (χ1v) is 7.32. The van der Waals surface area contributed by atoms with E-state index in [0.717, 1.165) is 56.0 Å². The van der Waals surface area contributed by atoms with Gasteiger partial charge < -0.3 is 20.7 Å². The van der Waals surface area contributed by atoms with Crippen molar-refractivity contribution < 1.29 is 4.74 Å². The second kappa shape index (κ2) is 6.74. The van der Waals surface area contributed by atoms with Crippen LogP contribution in [0.1, 0.15) is 31.9 Å². The molecule has 2 rings (SSSR count). The molecule has 0 radical (unpaired) electrons. The topological polar surface area (TPSA) is 76.3 Å². The molecule has 1 aromatic rings. The third-order valence-corrected chi connectivity index (χ3v) is 3.80. The molecule has 0 spiro atoms. The highest BCUT2D eigenvalue weighted by Crippen LogP contribution is 2.32. The molecule has 6 heteroatoms. The number of ether oxygens (including phenoxy) is 1. The van der Waals surface area contributed by atoms with Crippen LogP contribution in [-0.4, -0.2) is 43.3 Å². The van der Waals surface area contributed by atoms with E-state index in [-0.39, 0.29) is 0 Å². The largest absolute Gasteiger partial charge is 0.491 e. The Morgan fingerprint density at radius 2 is 2.25 bits per heavy atom. The summed E-state index contributed by atoms with van der Waals surface area (Å²) in [6.45, 7) is 4.05. The van der Waals surface area contributed by atoms with Crippen molar-refractivity contribution in [2.45, 2.75) is 38.6 Å². The van der Waals surface area contributed by atoms with Crippen LogP contribution in [0, 0.1) is 0 Å². The minimum Gasteiger partial charge on any atom is -0.491 e. The van der Waals surface area contributed by atoms with Crippen molar-refractivity contribution in [3.8, 4) is 5.75 Å². The first kappa shape index (κ1) is 14.8. The number of nitrogen functional groups attached to an aromatic ring is 1. The van der Waals surface area contributed by atoms with Gasteiger partial charge in [-0.15, -0.1) is 0 Å². The van der Waals surface area contributed by atoms with Crippen LogP contribution >= 0.6 is 0 Å². The Labute approximate surface area is 120 Å². The van der Waals surface area contributed by atoms with E-state index in [1.807, 2.05) is 7.05 Å². The lowest BCUT2D eigenvalue weighted by Gasteiger charge is -2.21. The van der Waals surface area contributed by atoms with Crippen LogP contribution in [0.2, 0.25) is 0 Å². The van der Waals surface area contributed by atoms with Gasteiger partial charge in [-0.25, -0.2) is 4.98 Å². The molecule has 6 nitrogen and oxygen atoms in total. The first-order chi connectivity index (χ1) is 9.69. The summed E-state index contributed by atoms with van der Waals surface area (Å²) in [5.74, 6) is 1.95. The number of unbranched alkanes of at least 4 members (excludes halogenated alkanes) is 1. The van der Waals surface area contributed by atoms with Crippen LogP contribution in [-0.2, 0) is 6.42 Å². The molecule has 0 saturated carbocycles. The quantitative estimate of drug-likeness (QED) is 0.815. The maximum atomic E-state index is 5.87. The fraction of sp³-hybridized carbons (Fsp3) is 0.714. The fourth-order valence-corrected chi connectivity index (χ4v) is 2.63. The molecule has 0 unspecified atom stereocenters. The van der Waals surface area contributed by atoms with E-state index in [9.17, 15) is 0 Å². The number of likely N-dealkylation sites (N-methyl/N-ethyl adjacent to an activating group) is 1. The van der Waals surface area contributed by atoms with Crippen LogP contribution < -0.4 is 20.7 Å². The molecule has 0 bridgehead atoms. The van der Waals surface area contributed by atoms with Crippen LogP contribution in [0.15, 0.2) is 0 Å². The zero-order chi connectivity index (χ0) is 14.5. The van der Waals surface area contributed by atoms with Crippen molar-refractivity contribution >= 4 is 11.8 Å². The zero-order valence-electron chi connectivity index (χ0n) is 12.6. The normalized spacial score (nSPS) is 18.6. The monoisotopic (exact) mass is 279 g/mol. The number of nitrogens with one attached hydrogen (secondary N) is 1. The van der Waals surface area contributed by atoms with E-state index in [1.165, 1.54) is 0 Å². The molecule has 2 heterocycles. The highest BCUT2D eigenvalue weighted by Gasteiger charge is 2.26. The summed E-state index contributed by atoms with van der Waals surface area (Å²) in [6.07, 6.45) is 4.18. The zero-order valence-corrected chi connectivity index (χ0v) is 12.6. The summed E-state index contributed by atoms with van der Waals surface area (Å²) in [5.41, 5.74) is 6.79. The SMILES string of the molecule is CCCCc1nc(N)nc(N2CC[C@H](NC)C2)c1OC. The summed E-state index contributed by atoms with van der Waals surface area (Å²) < 4.78 is 5.57. The van der Waals surface area contributed by atoms with E-state index >= 15 is 0 Å². The van der Waals surface area contributed by atoms with Crippen molar-refractivity contribution in [3.05, 3.63) is 5.69 Å². The van der Waals surface area contributed by atoms with Gasteiger partial charge in [0.2, 0.25) is 5.95 Å². The van der Waals surface area contributed by atoms with Gasteiger partial charge >= 0.3 is 0 Å². The van der Waals surface area contributed by atoms with E-state index < -0.39 is 0 Å². The lowest BCUT2D eigenvalue weighted by molar-refractivity contribution is 0.404. The molecule has 0 aromatic carbocycles. The number of rotatable bonds is 6. The van der Waals surface area contributed by atoms with Crippen molar-refractivity contribution in [1.82, 2.24) is 15.3 Å². The Morgan fingerprint density at radius 1 is 1.45 bits per heavy atom. The predicted molar refractivity (Wildman–Crippen MR) is 81.3 cm³/mol. The van der Waals surface area contributed by atoms with E-state index in [0.29, 0.717) is 12.0 Å². The molecule has 1 aromatic heterocycles. The fourth-order valence-electron chi connectivity index (χ4n) is 2.63. The van der Waals surface area contributed by atoms with Gasteiger partial charge in [0.15, 0.2) is 11.6 Å². The smallest absolute Gasteiger partial charge is 0.222 e. The molecular weight excluding hydrogens is 254 g/mol. The molecule has 1 aliphatic rings. The Balaban J connectivity index is 2.29. The molecule has 1 fully saturated rings. The average Bonchev–Trinajstić information content (AvgIpc) is 2.93. The first-order valence-electron chi connectivity index (χ1n) is 7.32. The maximum absolute atomic E-state index is 5.87. The van der Waals surface area contributed by atoms with Crippen LogP contribution in [0.5, 0.6) is 5.75 Å². The van der Waals surface area contributed by atoms with Crippen molar-refractivity contribution in [2.75, 3.05) is 37.9 Å². The van der Waals surface area contributed by atoms with Crippen LogP contribution in [0.3, 0.4) is 0 Å². The number of nitrogens with zero attached hydrogens (tertiary/aromatic N) is 3. The minimum atomic E-state index is 0.333. The molecule has 112 valence electrons. The maximum Gasteiger partial charge on any atom is 0.222 e. The number of hydrogen-bond donors (Lipinski definition) is 2. The Bertz CT molecular complexity index is 451. The molecule has 0 aliphatic carbocycles. The number of aryl methyl sites for hydroxylation is 1. The third-order valence-electron chi connectivity index (χ3n) is 3.80. The molecule has 3 N–H and O–H groups in total. The van der Waals surface area contributed by atoms with Gasteiger partial charge in [0.05, 0.1) is 12.8 Å². The number of nitrogens with two attached hydrogens (primary N) is 1. The minimum absolute atomic E-state index is 0.333. The highest BCUT2D eigenvalue weighted by molar-refractivity contribution is 5.58. The Morgan fingerprint density at radius 3 is 2.85 bits per heavy atom. The number of methoxy groups -OCH3 is 1. The van der Waals surface area contributed by atoms with Crippen LogP contribution in [0.4, 0.5) is 11.8 Å². The average molecular weight is 279 g/mol. The van der Waals surface area contributed by atoms with Gasteiger partial charge in [-0.3, -0.25) is 0 Å². The van der Waals surface area contributed by atoms with Gasteiger partial charge in [-0.05, 0) is 26.3 Å². The van der Waals surface area contributed by atoms with E-state index in [2.05, 4.69) is 27.1 Å². The highest BCUT2D eigenvalue weighted by atomic mass is 16.5. The van der Waals surface area contributed by atoms with Crippen molar-refractivity contribution in [2.24, 2.45) is 0 Å². The summed E-state index contributed by atoms with van der Waals surface area (Å²) in [5, 5.41) is 3.31.